The molecule has 1 amide bonds. The highest BCUT2D eigenvalue weighted by molar-refractivity contribution is 7.92. The van der Waals surface area contributed by atoms with Crippen LogP contribution in [-0.2, 0) is 10.0 Å². The van der Waals surface area contributed by atoms with Gasteiger partial charge in [0.25, 0.3) is 5.91 Å². The zero-order chi connectivity index (χ0) is 17.9. The van der Waals surface area contributed by atoms with Crippen LogP contribution in [0.2, 0.25) is 0 Å². The summed E-state index contributed by atoms with van der Waals surface area (Å²) in [6, 6.07) is 14.4. The summed E-state index contributed by atoms with van der Waals surface area (Å²) < 4.78 is 24.7. The molecule has 0 aliphatic heterocycles. The summed E-state index contributed by atoms with van der Waals surface area (Å²) in [6.07, 6.45) is 1.11. The fraction of sp³-hybridized carbons (Fsp3) is 0.278. The maximum atomic E-state index is 12.6. The largest absolute Gasteiger partial charge is 0.345 e. The van der Waals surface area contributed by atoms with E-state index in [-0.39, 0.29) is 11.9 Å². The highest BCUT2D eigenvalue weighted by atomic mass is 32.2. The second kappa shape index (κ2) is 7.05. The Morgan fingerprint density at radius 2 is 1.67 bits per heavy atom. The Labute approximate surface area is 143 Å². The van der Waals surface area contributed by atoms with Crippen molar-refractivity contribution in [1.29, 1.82) is 0 Å². The van der Waals surface area contributed by atoms with Crippen LogP contribution in [0.3, 0.4) is 0 Å². The molecule has 0 fully saturated rings. The molecule has 0 saturated heterocycles. The van der Waals surface area contributed by atoms with E-state index in [1.165, 1.54) is 7.05 Å². The number of carbonyl (C=O) groups excluding carboxylic acids is 1. The van der Waals surface area contributed by atoms with Gasteiger partial charge < -0.3 is 5.32 Å². The van der Waals surface area contributed by atoms with Crippen LogP contribution >= 0.6 is 0 Å². The molecule has 0 bridgehead atoms. The lowest BCUT2D eigenvalue weighted by molar-refractivity contribution is 0.0940. The van der Waals surface area contributed by atoms with Crippen LogP contribution < -0.4 is 9.62 Å². The topological polar surface area (TPSA) is 66.5 Å². The second-order valence-corrected chi connectivity index (χ2v) is 7.87. The van der Waals surface area contributed by atoms with E-state index >= 15 is 0 Å². The highest BCUT2D eigenvalue weighted by Crippen LogP contribution is 2.22. The molecule has 0 aromatic heterocycles. The first-order chi connectivity index (χ1) is 11.2. The molecule has 1 N–H and O–H groups in total. The average Bonchev–Trinajstić information content (AvgIpc) is 2.53. The van der Waals surface area contributed by atoms with Crippen LogP contribution in [-0.4, -0.2) is 27.6 Å². The number of amides is 1. The molecule has 5 nitrogen and oxygen atoms in total. The SMILES string of the molecule is Cc1ccc(C(C)NC(=O)c2ccccc2N(C)S(C)(=O)=O)cc1. The number of benzene rings is 2. The smallest absolute Gasteiger partial charge is 0.253 e. The van der Waals surface area contributed by atoms with Crippen LogP contribution in [0.1, 0.15) is 34.5 Å². The number of nitrogens with zero attached hydrogens (tertiary/aromatic N) is 1. The molecule has 2 aromatic rings. The van der Waals surface area contributed by atoms with Crippen LogP contribution in [0.4, 0.5) is 5.69 Å². The summed E-state index contributed by atoms with van der Waals surface area (Å²) in [5, 5.41) is 2.92. The molecule has 128 valence electrons. The third-order valence-corrected chi connectivity index (χ3v) is 5.10. The summed E-state index contributed by atoms with van der Waals surface area (Å²) >= 11 is 0. The molecule has 6 heteroatoms. The van der Waals surface area contributed by atoms with Crippen LogP contribution in [0, 0.1) is 6.92 Å². The van der Waals surface area contributed by atoms with Crippen molar-refractivity contribution >= 4 is 21.6 Å². The van der Waals surface area contributed by atoms with Gasteiger partial charge in [-0.1, -0.05) is 42.0 Å². The average molecular weight is 346 g/mol. The summed E-state index contributed by atoms with van der Waals surface area (Å²) in [7, 11) is -2.01. The predicted molar refractivity (Wildman–Crippen MR) is 96.7 cm³/mol. The molecular formula is C18H22N2O3S. The van der Waals surface area contributed by atoms with Gasteiger partial charge in [0, 0.05) is 7.05 Å². The van der Waals surface area contributed by atoms with E-state index in [4.69, 9.17) is 0 Å². The van der Waals surface area contributed by atoms with Crippen molar-refractivity contribution in [2.24, 2.45) is 0 Å². The molecule has 1 atom stereocenters. The number of anilines is 1. The third kappa shape index (κ3) is 4.14. The van der Waals surface area contributed by atoms with Crippen molar-refractivity contribution in [1.82, 2.24) is 5.32 Å². The monoisotopic (exact) mass is 346 g/mol. The molecule has 1 unspecified atom stereocenters. The number of rotatable bonds is 5. The first kappa shape index (κ1) is 18.0. The van der Waals surface area contributed by atoms with Gasteiger partial charge in [-0.2, -0.15) is 0 Å². The first-order valence-electron chi connectivity index (χ1n) is 7.60. The maximum absolute atomic E-state index is 12.6. The van der Waals surface area contributed by atoms with Crippen molar-refractivity contribution in [3.63, 3.8) is 0 Å². The lowest BCUT2D eigenvalue weighted by atomic mass is 10.1. The van der Waals surface area contributed by atoms with E-state index < -0.39 is 10.0 Å². The number of sulfonamides is 1. The minimum atomic E-state index is -3.44. The number of carbonyl (C=O) groups is 1. The first-order valence-corrected chi connectivity index (χ1v) is 9.45. The molecule has 2 aromatic carbocycles. The van der Waals surface area contributed by atoms with Gasteiger partial charge in [-0.25, -0.2) is 8.42 Å². The van der Waals surface area contributed by atoms with Gasteiger partial charge in [0.15, 0.2) is 0 Å². The summed E-state index contributed by atoms with van der Waals surface area (Å²) in [5.41, 5.74) is 2.82. The van der Waals surface area contributed by atoms with Crippen molar-refractivity contribution in [3.8, 4) is 0 Å². The van der Waals surface area contributed by atoms with Gasteiger partial charge in [0.05, 0.1) is 23.5 Å². The number of hydrogen-bond donors (Lipinski definition) is 1. The minimum absolute atomic E-state index is 0.185. The van der Waals surface area contributed by atoms with Gasteiger partial charge >= 0.3 is 0 Å². The van der Waals surface area contributed by atoms with E-state index in [0.29, 0.717) is 11.3 Å². The van der Waals surface area contributed by atoms with E-state index in [2.05, 4.69) is 5.32 Å². The van der Waals surface area contributed by atoms with E-state index in [9.17, 15) is 13.2 Å². The van der Waals surface area contributed by atoms with Gasteiger partial charge in [-0.05, 0) is 31.5 Å². The van der Waals surface area contributed by atoms with E-state index in [0.717, 1.165) is 21.7 Å². The molecule has 0 radical (unpaired) electrons. The Morgan fingerprint density at radius 3 is 2.25 bits per heavy atom. The Morgan fingerprint density at radius 1 is 1.08 bits per heavy atom. The Balaban J connectivity index is 2.26. The Kier molecular flexibility index (Phi) is 5.29. The predicted octanol–water partition coefficient (Wildman–Crippen LogP) is 2.88. The number of nitrogens with one attached hydrogen (secondary N) is 1. The lowest BCUT2D eigenvalue weighted by Crippen LogP contribution is -2.31. The molecule has 0 heterocycles. The van der Waals surface area contributed by atoms with Crippen LogP contribution in [0.25, 0.3) is 0 Å². The molecule has 2 rings (SSSR count). The zero-order valence-corrected chi connectivity index (χ0v) is 15.1. The van der Waals surface area contributed by atoms with E-state index in [1.54, 1.807) is 24.3 Å². The number of hydrogen-bond acceptors (Lipinski definition) is 3. The fourth-order valence-corrected chi connectivity index (χ4v) is 2.85. The fourth-order valence-electron chi connectivity index (χ4n) is 2.33. The van der Waals surface area contributed by atoms with E-state index in [1.807, 2.05) is 38.1 Å². The second-order valence-electron chi connectivity index (χ2n) is 5.85. The normalized spacial score (nSPS) is 12.5. The van der Waals surface area contributed by atoms with Crippen LogP contribution in [0.15, 0.2) is 48.5 Å². The van der Waals surface area contributed by atoms with Gasteiger partial charge in [-0.15, -0.1) is 0 Å². The standard InChI is InChI=1S/C18H22N2O3S/c1-13-9-11-15(12-10-13)14(2)19-18(21)16-7-5-6-8-17(16)20(3)24(4,22)23/h5-12,14H,1-4H3,(H,19,21). The van der Waals surface area contributed by atoms with Crippen molar-refractivity contribution in [2.75, 3.05) is 17.6 Å². The van der Waals surface area contributed by atoms with Crippen LogP contribution in [0.5, 0.6) is 0 Å². The Hall–Kier alpha value is -2.34. The Bertz CT molecular complexity index is 830. The van der Waals surface area contributed by atoms with Gasteiger partial charge in [-0.3, -0.25) is 9.10 Å². The molecule has 0 aliphatic carbocycles. The molecular weight excluding hydrogens is 324 g/mol. The lowest BCUT2D eigenvalue weighted by Gasteiger charge is -2.21. The summed E-state index contributed by atoms with van der Waals surface area (Å²) in [4.78, 5) is 12.6. The molecule has 0 spiro atoms. The number of aryl methyl sites for hydroxylation is 1. The molecule has 24 heavy (non-hydrogen) atoms. The third-order valence-electron chi connectivity index (χ3n) is 3.91. The minimum Gasteiger partial charge on any atom is -0.345 e. The van der Waals surface area contributed by atoms with Crippen molar-refractivity contribution in [3.05, 3.63) is 65.2 Å². The number of para-hydroxylation sites is 1. The maximum Gasteiger partial charge on any atom is 0.253 e. The van der Waals surface area contributed by atoms with Gasteiger partial charge in [0.1, 0.15) is 0 Å². The quantitative estimate of drug-likeness (QED) is 0.905. The summed E-state index contributed by atoms with van der Waals surface area (Å²) in [6.45, 7) is 3.90. The molecule has 0 aliphatic rings. The zero-order valence-electron chi connectivity index (χ0n) is 14.3. The highest BCUT2D eigenvalue weighted by Gasteiger charge is 2.20. The van der Waals surface area contributed by atoms with Crippen molar-refractivity contribution in [2.45, 2.75) is 19.9 Å². The van der Waals surface area contributed by atoms with Crippen molar-refractivity contribution < 1.29 is 13.2 Å². The summed E-state index contributed by atoms with van der Waals surface area (Å²) in [5.74, 6) is -0.311. The van der Waals surface area contributed by atoms with Gasteiger partial charge in [0.2, 0.25) is 10.0 Å². The molecule has 0 saturated carbocycles.